The highest BCUT2D eigenvalue weighted by Gasteiger charge is 2.27. The van der Waals surface area contributed by atoms with Crippen molar-refractivity contribution < 1.29 is 9.18 Å². The fourth-order valence-corrected chi connectivity index (χ4v) is 0.174. The van der Waals surface area contributed by atoms with Crippen molar-refractivity contribution >= 4 is 5.91 Å². The number of hydrogen-bond acceptors (Lipinski definition) is 1. The molecule has 2 nitrogen and oxygen atoms in total. The van der Waals surface area contributed by atoms with Gasteiger partial charge in [-0.15, -0.1) is 0 Å². The lowest BCUT2D eigenvalue weighted by Gasteiger charge is -2.11. The first-order chi connectivity index (χ1) is 3.50. The summed E-state index contributed by atoms with van der Waals surface area (Å²) in [6.07, 6.45) is 0.141. The van der Waals surface area contributed by atoms with Crippen LogP contribution in [-0.2, 0) is 4.79 Å². The molecule has 0 aliphatic rings. The van der Waals surface area contributed by atoms with Crippen LogP contribution in [0.15, 0.2) is 0 Å². The molecule has 1 atom stereocenters. The molecule has 0 aromatic carbocycles. The Morgan fingerprint density at radius 1 is 1.88 bits per heavy atom. The number of carbonyl (C=O) groups excluding carboxylic acids is 1. The minimum Gasteiger partial charge on any atom is -0.367 e. The van der Waals surface area contributed by atoms with Gasteiger partial charge in [-0.3, -0.25) is 4.79 Å². The maximum atomic E-state index is 12.5. The zero-order valence-electron chi connectivity index (χ0n) is 5.07. The van der Waals surface area contributed by atoms with Crippen molar-refractivity contribution in [2.45, 2.75) is 25.9 Å². The van der Waals surface area contributed by atoms with Crippen molar-refractivity contribution in [2.75, 3.05) is 0 Å². The maximum Gasteiger partial charge on any atom is 0.254 e. The number of amides is 1. The smallest absolute Gasteiger partial charge is 0.254 e. The molecule has 0 saturated carbocycles. The second-order valence-electron chi connectivity index (χ2n) is 1.92. The van der Waals surface area contributed by atoms with Crippen molar-refractivity contribution in [1.82, 2.24) is 0 Å². The Labute approximate surface area is 47.9 Å². The van der Waals surface area contributed by atoms with E-state index in [-0.39, 0.29) is 6.42 Å². The van der Waals surface area contributed by atoms with Crippen molar-refractivity contribution in [3.8, 4) is 0 Å². The van der Waals surface area contributed by atoms with Crippen LogP contribution in [0.2, 0.25) is 0 Å². The Bertz CT molecular complexity index is 101. The zero-order chi connectivity index (χ0) is 6.78. The van der Waals surface area contributed by atoms with Crippen LogP contribution in [0, 0.1) is 0 Å². The zero-order valence-corrected chi connectivity index (χ0v) is 5.07. The van der Waals surface area contributed by atoms with E-state index in [1.807, 2.05) is 0 Å². The summed E-state index contributed by atoms with van der Waals surface area (Å²) in [5, 5.41) is 0. The lowest BCUT2D eigenvalue weighted by atomic mass is 10.1. The first kappa shape index (κ1) is 7.40. The molecule has 0 radical (unpaired) electrons. The number of carbonyl (C=O) groups is 1. The number of nitrogens with two attached hydrogens (primary N) is 1. The maximum absolute atomic E-state index is 12.5. The molecule has 0 heterocycles. The largest absolute Gasteiger partial charge is 0.367 e. The Morgan fingerprint density at radius 2 is 2.25 bits per heavy atom. The summed E-state index contributed by atoms with van der Waals surface area (Å²) < 4.78 is 12.5. The van der Waals surface area contributed by atoms with Crippen LogP contribution in [0.3, 0.4) is 0 Å². The van der Waals surface area contributed by atoms with E-state index >= 15 is 0 Å². The molecule has 3 heteroatoms. The van der Waals surface area contributed by atoms with Gasteiger partial charge in [0.05, 0.1) is 0 Å². The molecule has 1 amide bonds. The number of alkyl halides is 1. The first-order valence-corrected chi connectivity index (χ1v) is 2.49. The first-order valence-electron chi connectivity index (χ1n) is 2.49. The molecule has 0 spiro atoms. The molecule has 8 heavy (non-hydrogen) atoms. The third-order valence-corrected chi connectivity index (χ3v) is 1.18. The van der Waals surface area contributed by atoms with E-state index in [1.54, 1.807) is 6.92 Å². The summed E-state index contributed by atoms with van der Waals surface area (Å²) >= 11 is 0. The predicted octanol–water partition coefficient (Wildman–Crippen LogP) is 0.610. The van der Waals surface area contributed by atoms with E-state index in [0.29, 0.717) is 0 Å². The average Bonchev–Trinajstić information content (AvgIpc) is 1.67. The topological polar surface area (TPSA) is 43.1 Å². The molecule has 0 aromatic heterocycles. The molecule has 0 fully saturated rings. The molecule has 0 aliphatic carbocycles. The summed E-state index contributed by atoms with van der Waals surface area (Å²) in [4.78, 5) is 10.1. The highest BCUT2D eigenvalue weighted by Crippen LogP contribution is 2.12. The minimum atomic E-state index is -1.82. The van der Waals surface area contributed by atoms with Crippen molar-refractivity contribution in [3.63, 3.8) is 0 Å². The third kappa shape index (κ3) is 1.48. The fraction of sp³-hybridized carbons (Fsp3) is 0.800. The van der Waals surface area contributed by atoms with E-state index < -0.39 is 11.6 Å². The van der Waals surface area contributed by atoms with Crippen LogP contribution in [0.4, 0.5) is 4.39 Å². The Balaban J connectivity index is 3.91. The van der Waals surface area contributed by atoms with Gasteiger partial charge in [-0.05, 0) is 13.3 Å². The van der Waals surface area contributed by atoms with Gasteiger partial charge in [0, 0.05) is 0 Å². The number of hydrogen-bond donors (Lipinski definition) is 1. The van der Waals surface area contributed by atoms with Crippen LogP contribution >= 0.6 is 0 Å². The van der Waals surface area contributed by atoms with E-state index in [4.69, 9.17) is 0 Å². The Hall–Kier alpha value is -0.600. The van der Waals surface area contributed by atoms with Gasteiger partial charge in [0.1, 0.15) is 0 Å². The van der Waals surface area contributed by atoms with Gasteiger partial charge in [0.15, 0.2) is 5.67 Å². The van der Waals surface area contributed by atoms with Gasteiger partial charge in [0.2, 0.25) is 0 Å². The van der Waals surface area contributed by atoms with Gasteiger partial charge in [-0.1, -0.05) is 6.92 Å². The van der Waals surface area contributed by atoms with E-state index in [2.05, 4.69) is 5.73 Å². The summed E-state index contributed by atoms with van der Waals surface area (Å²) in [6, 6.07) is 0. The molecule has 0 rings (SSSR count). The highest BCUT2D eigenvalue weighted by atomic mass is 19.1. The molecule has 0 aromatic rings. The summed E-state index contributed by atoms with van der Waals surface area (Å²) in [7, 11) is 0. The monoisotopic (exact) mass is 119 g/mol. The molecular formula is C5H10FNO. The highest BCUT2D eigenvalue weighted by molar-refractivity contribution is 5.82. The normalized spacial score (nSPS) is 17.4. The van der Waals surface area contributed by atoms with Crippen molar-refractivity contribution in [3.05, 3.63) is 0 Å². The van der Waals surface area contributed by atoms with E-state index in [0.717, 1.165) is 0 Å². The Kier molecular flexibility index (Phi) is 1.95. The second kappa shape index (κ2) is 2.11. The average molecular weight is 119 g/mol. The lowest BCUT2D eigenvalue weighted by Crippen LogP contribution is -2.35. The van der Waals surface area contributed by atoms with Crippen molar-refractivity contribution in [2.24, 2.45) is 5.73 Å². The lowest BCUT2D eigenvalue weighted by molar-refractivity contribution is -0.128. The molecular weight excluding hydrogens is 109 g/mol. The summed E-state index contributed by atoms with van der Waals surface area (Å²) in [6.45, 7) is 2.75. The third-order valence-electron chi connectivity index (χ3n) is 1.18. The van der Waals surface area contributed by atoms with E-state index in [9.17, 15) is 9.18 Å². The van der Waals surface area contributed by atoms with Gasteiger partial charge in [-0.25, -0.2) is 4.39 Å². The molecule has 0 aliphatic heterocycles. The Morgan fingerprint density at radius 3 is 2.25 bits per heavy atom. The van der Waals surface area contributed by atoms with Crippen LogP contribution in [0.5, 0.6) is 0 Å². The molecule has 48 valence electrons. The fourth-order valence-electron chi connectivity index (χ4n) is 0.174. The summed E-state index contributed by atoms with van der Waals surface area (Å²) in [5.74, 6) is -0.889. The van der Waals surface area contributed by atoms with Crippen molar-refractivity contribution in [1.29, 1.82) is 0 Å². The number of rotatable bonds is 2. The molecule has 0 saturated heterocycles. The predicted molar refractivity (Wildman–Crippen MR) is 29.0 cm³/mol. The summed E-state index contributed by atoms with van der Waals surface area (Å²) in [5.41, 5.74) is 2.85. The second-order valence-corrected chi connectivity index (χ2v) is 1.92. The van der Waals surface area contributed by atoms with Crippen LogP contribution < -0.4 is 5.73 Å². The molecule has 2 N–H and O–H groups in total. The standard InChI is InChI=1S/C5H10FNO/c1-3-5(2,6)4(7)8/h3H2,1-2H3,(H2,7,8)/t5-/m1/s1. The minimum absolute atomic E-state index is 0.141. The SMILES string of the molecule is CC[C@@](C)(F)C(N)=O. The van der Waals surface area contributed by atoms with Crippen LogP contribution in [-0.4, -0.2) is 11.6 Å². The van der Waals surface area contributed by atoms with Gasteiger partial charge >= 0.3 is 0 Å². The quantitative estimate of drug-likeness (QED) is 0.568. The van der Waals surface area contributed by atoms with Gasteiger partial charge < -0.3 is 5.73 Å². The van der Waals surface area contributed by atoms with Gasteiger partial charge in [-0.2, -0.15) is 0 Å². The number of primary amides is 1. The van der Waals surface area contributed by atoms with Crippen LogP contribution in [0.25, 0.3) is 0 Å². The van der Waals surface area contributed by atoms with Crippen LogP contribution in [0.1, 0.15) is 20.3 Å². The number of halogens is 1. The molecule has 0 unspecified atom stereocenters. The van der Waals surface area contributed by atoms with Gasteiger partial charge in [0.25, 0.3) is 5.91 Å². The molecule has 0 bridgehead atoms. The van der Waals surface area contributed by atoms with E-state index in [1.165, 1.54) is 6.92 Å².